The molecule has 6 nitrogen and oxygen atoms in total. The van der Waals surface area contributed by atoms with Crippen LogP contribution in [0.5, 0.6) is 0 Å². The molecule has 2 aromatic rings. The second-order valence-corrected chi connectivity index (χ2v) is 4.55. The van der Waals surface area contributed by atoms with Gasteiger partial charge in [0.25, 0.3) is 0 Å². The number of rotatable bonds is 3. The summed E-state index contributed by atoms with van der Waals surface area (Å²) in [6.07, 6.45) is 3.24. The van der Waals surface area contributed by atoms with Crippen LogP contribution in [0.2, 0.25) is 10.2 Å². The predicted molar refractivity (Wildman–Crippen MR) is 78.5 cm³/mol. The Morgan fingerprint density at radius 1 is 1.25 bits per heavy atom. The van der Waals surface area contributed by atoms with Crippen LogP contribution in [0.15, 0.2) is 24.3 Å². The highest BCUT2D eigenvalue weighted by molar-refractivity contribution is 6.32. The number of nitrogen functional groups attached to an aromatic ring is 1. The molecule has 0 amide bonds. The van der Waals surface area contributed by atoms with Gasteiger partial charge in [-0.15, -0.1) is 0 Å². The van der Waals surface area contributed by atoms with Gasteiger partial charge in [0.1, 0.15) is 0 Å². The molecule has 20 heavy (non-hydrogen) atoms. The van der Waals surface area contributed by atoms with Gasteiger partial charge in [0.2, 0.25) is 11.0 Å². The lowest BCUT2D eigenvalue weighted by atomic mass is 10.2. The van der Waals surface area contributed by atoms with E-state index in [1.807, 2.05) is 6.07 Å². The second-order valence-electron chi connectivity index (χ2n) is 3.75. The topological polar surface area (TPSA) is 94.9 Å². The maximum absolute atomic E-state index is 10.7. The fraction of sp³-hybridized carbons (Fsp3) is 0. The molecule has 0 fully saturated rings. The minimum atomic E-state index is -0.720. The monoisotopic (exact) mass is 310 g/mol. The van der Waals surface area contributed by atoms with Gasteiger partial charge in [-0.05, 0) is 23.8 Å². The molecule has 0 radical (unpaired) electrons. The zero-order chi connectivity index (χ0) is 14.7. The molecule has 102 valence electrons. The largest absolute Gasteiger partial charge is 0.378 e. The normalized spacial score (nSPS) is 10.9. The molecular formula is C12H8Cl2N4O2. The van der Waals surface area contributed by atoms with Crippen molar-refractivity contribution in [3.8, 4) is 0 Å². The van der Waals surface area contributed by atoms with Gasteiger partial charge in [-0.25, -0.2) is 9.97 Å². The number of halogens is 2. The number of hydrogen-bond donors (Lipinski definition) is 1. The van der Waals surface area contributed by atoms with Crippen LogP contribution in [0.25, 0.3) is 12.2 Å². The Balaban J connectivity index is 2.33. The number of aromatic nitrogens is 2. The first kappa shape index (κ1) is 14.2. The van der Waals surface area contributed by atoms with Crippen LogP contribution in [0.4, 0.5) is 11.5 Å². The summed E-state index contributed by atoms with van der Waals surface area (Å²) >= 11 is 11.6. The zero-order valence-corrected chi connectivity index (χ0v) is 11.5. The molecule has 0 unspecified atom stereocenters. The van der Waals surface area contributed by atoms with Crippen molar-refractivity contribution in [3.05, 3.63) is 55.9 Å². The number of benzene rings is 1. The van der Waals surface area contributed by atoms with Gasteiger partial charge >= 0.3 is 5.69 Å². The molecule has 1 aromatic carbocycles. The Morgan fingerprint density at radius 3 is 2.60 bits per heavy atom. The van der Waals surface area contributed by atoms with Crippen molar-refractivity contribution in [2.75, 3.05) is 5.73 Å². The van der Waals surface area contributed by atoms with Gasteiger partial charge in [0, 0.05) is 5.02 Å². The first-order valence-electron chi connectivity index (χ1n) is 5.38. The molecular weight excluding hydrogens is 303 g/mol. The highest BCUT2D eigenvalue weighted by Crippen LogP contribution is 2.27. The Hall–Kier alpha value is -2.18. The molecule has 0 aliphatic heterocycles. The molecule has 0 spiro atoms. The van der Waals surface area contributed by atoms with E-state index in [9.17, 15) is 10.1 Å². The van der Waals surface area contributed by atoms with Crippen LogP contribution in [0.3, 0.4) is 0 Å². The first-order valence-corrected chi connectivity index (χ1v) is 6.14. The third-order valence-corrected chi connectivity index (χ3v) is 2.84. The minimum Gasteiger partial charge on any atom is -0.378 e. The van der Waals surface area contributed by atoms with Gasteiger partial charge in [-0.2, -0.15) is 0 Å². The second kappa shape index (κ2) is 5.85. The van der Waals surface area contributed by atoms with Crippen molar-refractivity contribution in [2.24, 2.45) is 0 Å². The van der Waals surface area contributed by atoms with Crippen molar-refractivity contribution >= 4 is 46.9 Å². The van der Waals surface area contributed by atoms with E-state index in [1.54, 1.807) is 24.3 Å². The van der Waals surface area contributed by atoms with Gasteiger partial charge in [0.15, 0.2) is 5.82 Å². The van der Waals surface area contributed by atoms with E-state index in [2.05, 4.69) is 9.97 Å². The molecule has 0 saturated heterocycles. The van der Waals surface area contributed by atoms with Crippen LogP contribution in [-0.2, 0) is 0 Å². The van der Waals surface area contributed by atoms with E-state index < -0.39 is 10.6 Å². The van der Waals surface area contributed by atoms with Crippen molar-refractivity contribution in [1.29, 1.82) is 0 Å². The molecule has 0 saturated carbocycles. The average molecular weight is 311 g/mol. The van der Waals surface area contributed by atoms with Crippen LogP contribution in [-0.4, -0.2) is 14.9 Å². The fourth-order valence-corrected chi connectivity index (χ4v) is 1.94. The number of nitrogens with zero attached hydrogens (tertiary/aromatic N) is 3. The summed E-state index contributed by atoms with van der Waals surface area (Å²) in [7, 11) is 0. The van der Waals surface area contributed by atoms with Crippen molar-refractivity contribution in [3.63, 3.8) is 0 Å². The number of hydrogen-bond acceptors (Lipinski definition) is 5. The number of nitrogens with two attached hydrogens (primary N) is 1. The Kier molecular flexibility index (Phi) is 4.16. The quantitative estimate of drug-likeness (QED) is 0.532. The maximum atomic E-state index is 10.7. The van der Waals surface area contributed by atoms with E-state index in [-0.39, 0.29) is 16.8 Å². The number of nitro groups is 1. The Bertz CT molecular complexity index is 681. The summed E-state index contributed by atoms with van der Waals surface area (Å²) in [6, 6.07) is 7.11. The van der Waals surface area contributed by atoms with E-state index in [0.29, 0.717) is 5.02 Å². The molecule has 0 atom stereocenters. The van der Waals surface area contributed by atoms with Crippen LogP contribution < -0.4 is 5.73 Å². The highest BCUT2D eigenvalue weighted by atomic mass is 35.5. The van der Waals surface area contributed by atoms with Gasteiger partial charge in [-0.1, -0.05) is 41.4 Å². The summed E-state index contributed by atoms with van der Waals surface area (Å²) in [5, 5.41) is 11.0. The molecule has 0 aliphatic carbocycles. The summed E-state index contributed by atoms with van der Waals surface area (Å²) < 4.78 is 0. The molecule has 0 aliphatic rings. The van der Waals surface area contributed by atoms with Crippen molar-refractivity contribution in [2.45, 2.75) is 0 Å². The number of anilines is 1. The van der Waals surface area contributed by atoms with Gasteiger partial charge < -0.3 is 5.73 Å². The Labute approximate surface area is 124 Å². The van der Waals surface area contributed by atoms with E-state index in [1.165, 1.54) is 6.08 Å². The van der Waals surface area contributed by atoms with Crippen molar-refractivity contribution < 1.29 is 4.92 Å². The fourth-order valence-electron chi connectivity index (χ4n) is 1.48. The minimum absolute atomic E-state index is 0.179. The van der Waals surface area contributed by atoms with Crippen LogP contribution in [0.1, 0.15) is 11.4 Å². The average Bonchev–Trinajstić information content (AvgIpc) is 2.35. The lowest BCUT2D eigenvalue weighted by Crippen LogP contribution is -2.03. The smallest absolute Gasteiger partial charge is 0.348 e. The van der Waals surface area contributed by atoms with E-state index in [0.717, 1.165) is 5.56 Å². The Morgan fingerprint density at radius 2 is 2.00 bits per heavy atom. The predicted octanol–water partition coefficient (Wildman–Crippen LogP) is 3.44. The highest BCUT2D eigenvalue weighted by Gasteiger charge is 2.20. The van der Waals surface area contributed by atoms with E-state index in [4.69, 9.17) is 28.9 Å². The first-order chi connectivity index (χ1) is 9.47. The lowest BCUT2D eigenvalue weighted by molar-refractivity contribution is -0.384. The third kappa shape index (κ3) is 3.23. The lowest BCUT2D eigenvalue weighted by Gasteiger charge is -2.00. The molecule has 0 bridgehead atoms. The summed E-state index contributed by atoms with van der Waals surface area (Å²) in [5.74, 6) is -0.0983. The molecule has 2 rings (SSSR count). The van der Waals surface area contributed by atoms with Gasteiger partial charge in [0.05, 0.1) is 4.92 Å². The van der Waals surface area contributed by atoms with E-state index >= 15 is 0 Å². The van der Waals surface area contributed by atoms with Crippen molar-refractivity contribution in [1.82, 2.24) is 9.97 Å². The zero-order valence-electron chi connectivity index (χ0n) is 9.96. The van der Waals surface area contributed by atoms with Crippen LogP contribution in [0, 0.1) is 10.1 Å². The molecule has 2 N–H and O–H groups in total. The van der Waals surface area contributed by atoms with Crippen LogP contribution >= 0.6 is 23.2 Å². The SMILES string of the molecule is Nc1nc(C=Cc2cccc(Cl)c2)nc(Cl)c1[N+](=O)[O-]. The summed E-state index contributed by atoms with van der Waals surface area (Å²) in [5.41, 5.74) is 5.82. The summed E-state index contributed by atoms with van der Waals surface area (Å²) in [4.78, 5) is 17.6. The molecule has 8 heteroatoms. The maximum Gasteiger partial charge on any atom is 0.348 e. The standard InChI is InChI=1S/C12H8Cl2N4O2/c13-8-3-1-2-7(6-8)4-5-9-16-11(14)10(18(19)20)12(15)17-9/h1-6H,(H2,15,16,17). The molecule has 1 heterocycles. The van der Waals surface area contributed by atoms with Gasteiger partial charge in [-0.3, -0.25) is 10.1 Å². The third-order valence-electron chi connectivity index (χ3n) is 2.34. The molecule has 1 aromatic heterocycles. The summed E-state index contributed by atoms with van der Waals surface area (Å²) in [6.45, 7) is 0.